The molecule has 1 aromatic rings. The average Bonchev–Trinajstić information content (AvgIpc) is 2.75. The van der Waals surface area contributed by atoms with E-state index in [9.17, 15) is 9.59 Å². The third-order valence-corrected chi connectivity index (χ3v) is 3.47. The molecule has 2 fully saturated rings. The van der Waals surface area contributed by atoms with E-state index >= 15 is 0 Å². The highest BCUT2D eigenvalue weighted by atomic mass is 16.5. The molecule has 0 bridgehead atoms. The maximum atomic E-state index is 12.4. The molecule has 5 heteroatoms. The summed E-state index contributed by atoms with van der Waals surface area (Å²) in [6.45, 7) is 2.84. The molecule has 0 unspecified atom stereocenters. The Balaban J connectivity index is 1.81. The molecule has 0 aliphatic carbocycles. The van der Waals surface area contributed by atoms with Gasteiger partial charge in [-0.1, -0.05) is 18.2 Å². The van der Waals surface area contributed by atoms with Crippen LogP contribution in [-0.2, 0) is 14.3 Å². The fraction of sp³-hybridized carbons (Fsp3) is 0.333. The lowest BCUT2D eigenvalue weighted by atomic mass is 10.2. The van der Waals surface area contributed by atoms with E-state index in [0.717, 1.165) is 13.1 Å². The van der Waals surface area contributed by atoms with Gasteiger partial charge in [-0.25, -0.2) is 4.90 Å². The van der Waals surface area contributed by atoms with Crippen molar-refractivity contribution < 1.29 is 14.3 Å². The molecule has 2 saturated heterocycles. The Morgan fingerprint density at radius 1 is 1.05 bits per heavy atom. The van der Waals surface area contributed by atoms with E-state index in [1.165, 1.54) is 4.90 Å². The smallest absolute Gasteiger partial charge is 0.262 e. The quantitative estimate of drug-likeness (QED) is 0.599. The number of anilines is 1. The minimum absolute atomic E-state index is 0.166. The SMILES string of the molecule is O=C1CC(=CN2CCOCC2)C(=O)N1c1ccccc1. The minimum atomic E-state index is -0.215. The number of imide groups is 1. The number of carbonyl (C=O) groups is 2. The van der Waals surface area contributed by atoms with Crippen molar-refractivity contribution in [3.63, 3.8) is 0 Å². The molecule has 5 nitrogen and oxygen atoms in total. The molecule has 0 atom stereocenters. The van der Waals surface area contributed by atoms with E-state index in [-0.39, 0.29) is 18.2 Å². The van der Waals surface area contributed by atoms with Crippen LogP contribution in [0.4, 0.5) is 5.69 Å². The van der Waals surface area contributed by atoms with Gasteiger partial charge in [0.25, 0.3) is 5.91 Å². The fourth-order valence-electron chi connectivity index (χ4n) is 2.44. The summed E-state index contributed by atoms with van der Waals surface area (Å²) in [5.74, 6) is -0.381. The maximum absolute atomic E-state index is 12.4. The minimum Gasteiger partial charge on any atom is -0.378 e. The summed E-state index contributed by atoms with van der Waals surface area (Å²) in [5, 5.41) is 0. The molecule has 2 aliphatic rings. The van der Waals surface area contributed by atoms with Crippen molar-refractivity contribution in [2.75, 3.05) is 31.2 Å². The number of para-hydroxylation sites is 1. The molecule has 2 heterocycles. The first-order valence-electron chi connectivity index (χ1n) is 6.70. The zero-order valence-corrected chi connectivity index (χ0v) is 11.1. The number of carbonyl (C=O) groups excluding carboxylic acids is 2. The summed E-state index contributed by atoms with van der Waals surface area (Å²) in [6.07, 6.45) is 1.98. The van der Waals surface area contributed by atoms with Gasteiger partial charge in [0.2, 0.25) is 5.91 Å². The van der Waals surface area contributed by atoms with E-state index in [2.05, 4.69) is 0 Å². The van der Waals surface area contributed by atoms with Gasteiger partial charge < -0.3 is 9.64 Å². The van der Waals surface area contributed by atoms with E-state index in [1.807, 2.05) is 29.3 Å². The molecule has 104 valence electrons. The Morgan fingerprint density at radius 2 is 1.75 bits per heavy atom. The molecule has 1 aromatic carbocycles. The molecule has 0 saturated carbocycles. The molecular weight excluding hydrogens is 256 g/mol. The highest BCUT2D eigenvalue weighted by molar-refractivity contribution is 6.28. The monoisotopic (exact) mass is 272 g/mol. The van der Waals surface area contributed by atoms with Gasteiger partial charge in [-0.15, -0.1) is 0 Å². The van der Waals surface area contributed by atoms with Crippen LogP contribution in [0.5, 0.6) is 0 Å². The second-order valence-electron chi connectivity index (χ2n) is 4.85. The summed E-state index contributed by atoms with van der Waals surface area (Å²) in [6, 6.07) is 9.04. The van der Waals surface area contributed by atoms with Gasteiger partial charge in [0.1, 0.15) is 0 Å². The molecule has 0 aromatic heterocycles. The first-order chi connectivity index (χ1) is 9.75. The Labute approximate surface area is 117 Å². The lowest BCUT2D eigenvalue weighted by Crippen LogP contribution is -2.33. The average molecular weight is 272 g/mol. The highest BCUT2D eigenvalue weighted by Crippen LogP contribution is 2.26. The normalized spacial score (nSPS) is 21.9. The second kappa shape index (κ2) is 5.46. The van der Waals surface area contributed by atoms with E-state index in [4.69, 9.17) is 4.74 Å². The van der Waals surface area contributed by atoms with E-state index in [1.54, 1.807) is 12.1 Å². The van der Waals surface area contributed by atoms with Crippen LogP contribution < -0.4 is 4.90 Å². The van der Waals surface area contributed by atoms with Crippen molar-refractivity contribution >= 4 is 17.5 Å². The van der Waals surface area contributed by atoms with Crippen LogP contribution in [0.3, 0.4) is 0 Å². The number of morpholine rings is 1. The summed E-state index contributed by atoms with van der Waals surface area (Å²) in [7, 11) is 0. The van der Waals surface area contributed by atoms with Crippen molar-refractivity contribution in [3.05, 3.63) is 42.1 Å². The van der Waals surface area contributed by atoms with Crippen LogP contribution in [0.2, 0.25) is 0 Å². The Kier molecular flexibility index (Phi) is 3.52. The Hall–Kier alpha value is -2.14. The number of hydrogen-bond donors (Lipinski definition) is 0. The number of amides is 2. The van der Waals surface area contributed by atoms with Crippen molar-refractivity contribution in [1.29, 1.82) is 0 Å². The number of benzene rings is 1. The third-order valence-electron chi connectivity index (χ3n) is 3.47. The van der Waals surface area contributed by atoms with Gasteiger partial charge in [-0.3, -0.25) is 9.59 Å². The van der Waals surface area contributed by atoms with Crippen molar-refractivity contribution in [3.8, 4) is 0 Å². The number of nitrogens with zero attached hydrogens (tertiary/aromatic N) is 2. The van der Waals surface area contributed by atoms with Gasteiger partial charge >= 0.3 is 0 Å². The largest absolute Gasteiger partial charge is 0.378 e. The van der Waals surface area contributed by atoms with Crippen LogP contribution in [0.15, 0.2) is 42.1 Å². The van der Waals surface area contributed by atoms with Crippen LogP contribution in [-0.4, -0.2) is 43.0 Å². The number of ether oxygens (including phenoxy) is 1. The molecule has 0 radical (unpaired) electrons. The second-order valence-corrected chi connectivity index (χ2v) is 4.85. The van der Waals surface area contributed by atoms with Gasteiger partial charge in [-0.2, -0.15) is 0 Å². The topological polar surface area (TPSA) is 49.9 Å². The third kappa shape index (κ3) is 2.44. The zero-order valence-electron chi connectivity index (χ0n) is 11.1. The zero-order chi connectivity index (χ0) is 13.9. The maximum Gasteiger partial charge on any atom is 0.262 e. The van der Waals surface area contributed by atoms with Crippen LogP contribution >= 0.6 is 0 Å². The fourth-order valence-corrected chi connectivity index (χ4v) is 2.44. The molecule has 3 rings (SSSR count). The molecule has 0 N–H and O–H groups in total. The molecule has 20 heavy (non-hydrogen) atoms. The summed E-state index contributed by atoms with van der Waals surface area (Å²) in [4.78, 5) is 27.7. The Morgan fingerprint density at radius 3 is 2.45 bits per heavy atom. The van der Waals surface area contributed by atoms with Crippen LogP contribution in [0.1, 0.15) is 6.42 Å². The molecule has 2 amide bonds. The lowest BCUT2D eigenvalue weighted by Gasteiger charge is -2.25. The standard InChI is InChI=1S/C15H16N2O3/c18-14-10-12(11-16-6-8-20-9-7-16)15(19)17(14)13-4-2-1-3-5-13/h1-5,11H,6-10H2. The molecule has 0 spiro atoms. The van der Waals surface area contributed by atoms with Gasteiger partial charge in [0, 0.05) is 24.9 Å². The summed E-state index contributed by atoms with van der Waals surface area (Å²) >= 11 is 0. The van der Waals surface area contributed by atoms with Gasteiger partial charge in [-0.05, 0) is 12.1 Å². The predicted molar refractivity (Wildman–Crippen MR) is 74.0 cm³/mol. The number of hydrogen-bond acceptors (Lipinski definition) is 4. The summed E-state index contributed by atoms with van der Waals surface area (Å²) < 4.78 is 5.27. The molecule has 2 aliphatic heterocycles. The molecular formula is C15H16N2O3. The van der Waals surface area contributed by atoms with Crippen molar-refractivity contribution in [2.24, 2.45) is 0 Å². The number of rotatable bonds is 2. The van der Waals surface area contributed by atoms with E-state index in [0.29, 0.717) is 24.5 Å². The van der Waals surface area contributed by atoms with Crippen LogP contribution in [0, 0.1) is 0 Å². The van der Waals surface area contributed by atoms with Crippen molar-refractivity contribution in [1.82, 2.24) is 4.90 Å². The summed E-state index contributed by atoms with van der Waals surface area (Å²) in [5.41, 5.74) is 1.19. The van der Waals surface area contributed by atoms with Crippen LogP contribution in [0.25, 0.3) is 0 Å². The van der Waals surface area contributed by atoms with Crippen molar-refractivity contribution in [2.45, 2.75) is 6.42 Å². The lowest BCUT2D eigenvalue weighted by molar-refractivity contribution is -0.120. The van der Waals surface area contributed by atoms with Gasteiger partial charge in [0.05, 0.1) is 25.3 Å². The Bertz CT molecular complexity index is 547. The first-order valence-corrected chi connectivity index (χ1v) is 6.70. The van der Waals surface area contributed by atoms with Gasteiger partial charge in [0.15, 0.2) is 0 Å². The first kappa shape index (κ1) is 12.9. The van der Waals surface area contributed by atoms with E-state index < -0.39 is 0 Å². The highest BCUT2D eigenvalue weighted by Gasteiger charge is 2.35. The predicted octanol–water partition coefficient (Wildman–Crippen LogP) is 1.17.